The molecule has 3 nitrogen and oxygen atoms in total. The highest BCUT2D eigenvalue weighted by Gasteiger charge is 2.02. The smallest absolute Gasteiger partial charge is 0.122 e. The van der Waals surface area contributed by atoms with Crippen molar-refractivity contribution in [3.8, 4) is 5.75 Å². The van der Waals surface area contributed by atoms with E-state index in [0.717, 1.165) is 11.3 Å². The highest BCUT2D eigenvalue weighted by atomic mass is 32.1. The molecule has 0 aliphatic carbocycles. The van der Waals surface area contributed by atoms with Crippen LogP contribution in [0.5, 0.6) is 5.75 Å². The molecule has 0 aliphatic rings. The molecule has 0 aliphatic heterocycles. The predicted octanol–water partition coefficient (Wildman–Crippen LogP) is 3.92. The molecule has 0 spiro atoms. The lowest BCUT2D eigenvalue weighted by molar-refractivity contribution is 0.309. The maximum atomic E-state index is 8.84. The highest BCUT2D eigenvalue weighted by Crippen LogP contribution is 2.17. The largest absolute Gasteiger partial charge is 0.488 e. The maximum Gasteiger partial charge on any atom is 0.122 e. The van der Waals surface area contributed by atoms with Gasteiger partial charge in [0.05, 0.1) is 5.71 Å². The first-order valence-corrected chi connectivity index (χ1v) is 6.68. The van der Waals surface area contributed by atoms with Crippen LogP contribution in [0.15, 0.2) is 46.9 Å². The van der Waals surface area contributed by atoms with E-state index in [0.29, 0.717) is 18.7 Å². The zero-order chi connectivity index (χ0) is 12.8. The van der Waals surface area contributed by atoms with Crippen LogP contribution in [-0.4, -0.2) is 10.9 Å². The van der Waals surface area contributed by atoms with E-state index in [2.05, 4.69) is 5.16 Å². The number of hydrogen-bond acceptors (Lipinski definition) is 4. The van der Waals surface area contributed by atoms with Crippen molar-refractivity contribution in [3.63, 3.8) is 0 Å². The van der Waals surface area contributed by atoms with Gasteiger partial charge in [-0.05, 0) is 47.7 Å². The monoisotopic (exact) mass is 261 g/mol. The van der Waals surface area contributed by atoms with Gasteiger partial charge in [-0.15, -0.1) is 11.3 Å². The lowest BCUT2D eigenvalue weighted by atomic mass is 10.1. The Labute approximate surface area is 110 Å². The molecule has 0 saturated heterocycles. The fourth-order valence-electron chi connectivity index (χ4n) is 1.63. The first-order valence-electron chi connectivity index (χ1n) is 5.80. The van der Waals surface area contributed by atoms with Crippen LogP contribution in [0, 0.1) is 0 Å². The van der Waals surface area contributed by atoms with Crippen molar-refractivity contribution in [2.24, 2.45) is 5.16 Å². The predicted molar refractivity (Wildman–Crippen MR) is 73.7 cm³/mol. The summed E-state index contributed by atoms with van der Waals surface area (Å²) in [6.07, 6.45) is 0.700. The molecule has 1 aromatic heterocycles. The van der Waals surface area contributed by atoms with Gasteiger partial charge in [0, 0.05) is 4.88 Å². The van der Waals surface area contributed by atoms with Crippen LogP contribution in [-0.2, 0) is 6.61 Å². The Morgan fingerprint density at radius 2 is 2.06 bits per heavy atom. The summed E-state index contributed by atoms with van der Waals surface area (Å²) in [7, 11) is 0. The molecule has 0 amide bonds. The van der Waals surface area contributed by atoms with Crippen LogP contribution < -0.4 is 4.74 Å². The molecule has 0 unspecified atom stereocenters. The van der Waals surface area contributed by atoms with E-state index >= 15 is 0 Å². The van der Waals surface area contributed by atoms with Gasteiger partial charge in [-0.2, -0.15) is 0 Å². The molecule has 0 bridgehead atoms. The molecular weight excluding hydrogens is 246 g/mol. The van der Waals surface area contributed by atoms with Gasteiger partial charge >= 0.3 is 0 Å². The summed E-state index contributed by atoms with van der Waals surface area (Å²) in [5, 5.41) is 14.1. The second-order valence-electron chi connectivity index (χ2n) is 3.79. The van der Waals surface area contributed by atoms with Gasteiger partial charge < -0.3 is 9.94 Å². The molecule has 0 radical (unpaired) electrons. The van der Waals surface area contributed by atoms with Crippen molar-refractivity contribution < 1.29 is 9.94 Å². The fraction of sp³-hybridized carbons (Fsp3) is 0.214. The summed E-state index contributed by atoms with van der Waals surface area (Å²) in [5.74, 6) is 0.820. The van der Waals surface area contributed by atoms with Crippen LogP contribution in [0.4, 0.5) is 0 Å². The van der Waals surface area contributed by atoms with E-state index in [9.17, 15) is 0 Å². The highest BCUT2D eigenvalue weighted by molar-refractivity contribution is 7.09. The average molecular weight is 261 g/mol. The Morgan fingerprint density at radius 1 is 1.28 bits per heavy atom. The summed E-state index contributed by atoms with van der Waals surface area (Å²) < 4.78 is 5.66. The van der Waals surface area contributed by atoms with Crippen LogP contribution >= 0.6 is 11.3 Å². The summed E-state index contributed by atoms with van der Waals surface area (Å²) in [4.78, 5) is 1.20. The van der Waals surface area contributed by atoms with E-state index in [-0.39, 0.29) is 0 Å². The maximum absolute atomic E-state index is 8.84. The Hall–Kier alpha value is -1.81. The van der Waals surface area contributed by atoms with Gasteiger partial charge in [-0.25, -0.2) is 0 Å². The molecule has 1 N–H and O–H groups in total. The summed E-state index contributed by atoms with van der Waals surface area (Å²) in [6.45, 7) is 2.54. The van der Waals surface area contributed by atoms with E-state index in [4.69, 9.17) is 9.94 Å². The molecule has 1 aromatic carbocycles. The number of thiophene rings is 1. The van der Waals surface area contributed by atoms with Gasteiger partial charge in [0.15, 0.2) is 0 Å². The van der Waals surface area contributed by atoms with Gasteiger partial charge in [-0.1, -0.05) is 18.1 Å². The molecule has 1 heterocycles. The minimum Gasteiger partial charge on any atom is -0.488 e. The number of benzene rings is 1. The zero-order valence-corrected chi connectivity index (χ0v) is 11.0. The van der Waals surface area contributed by atoms with E-state index in [1.165, 1.54) is 4.88 Å². The summed E-state index contributed by atoms with van der Waals surface area (Å²) in [6, 6.07) is 11.7. The van der Waals surface area contributed by atoms with Crippen LogP contribution in [0.3, 0.4) is 0 Å². The van der Waals surface area contributed by atoms with Crippen molar-refractivity contribution in [1.29, 1.82) is 0 Å². The van der Waals surface area contributed by atoms with E-state index in [1.54, 1.807) is 11.3 Å². The van der Waals surface area contributed by atoms with Gasteiger partial charge in [0.1, 0.15) is 12.4 Å². The summed E-state index contributed by atoms with van der Waals surface area (Å²) in [5.41, 5.74) is 1.60. The number of oxime groups is 1. The Kier molecular flexibility index (Phi) is 4.36. The Balaban J connectivity index is 1.99. The molecule has 94 valence electrons. The second kappa shape index (κ2) is 6.21. The van der Waals surface area contributed by atoms with Crippen molar-refractivity contribution in [1.82, 2.24) is 0 Å². The van der Waals surface area contributed by atoms with Crippen molar-refractivity contribution in [3.05, 3.63) is 52.2 Å². The normalized spacial score (nSPS) is 11.5. The number of hydrogen-bond donors (Lipinski definition) is 1. The standard InChI is InChI=1S/C14H15NO2S/c1-2-14(15-16)11-5-7-12(8-6-11)17-10-13-4-3-9-18-13/h3-9,16H,2,10H2,1H3/b15-14+. The summed E-state index contributed by atoms with van der Waals surface area (Å²) >= 11 is 1.68. The molecule has 2 aromatic rings. The number of ether oxygens (including phenoxy) is 1. The van der Waals surface area contributed by atoms with Crippen molar-refractivity contribution >= 4 is 17.0 Å². The van der Waals surface area contributed by atoms with E-state index in [1.807, 2.05) is 48.7 Å². The molecule has 2 rings (SSSR count). The lowest BCUT2D eigenvalue weighted by Gasteiger charge is -2.06. The van der Waals surface area contributed by atoms with Crippen molar-refractivity contribution in [2.45, 2.75) is 20.0 Å². The molecule has 0 saturated carbocycles. The second-order valence-corrected chi connectivity index (χ2v) is 4.82. The fourth-order valence-corrected chi connectivity index (χ4v) is 2.24. The molecular formula is C14H15NO2S. The first-order chi connectivity index (χ1) is 8.83. The zero-order valence-electron chi connectivity index (χ0n) is 10.2. The molecule has 18 heavy (non-hydrogen) atoms. The Bertz CT molecular complexity index is 503. The lowest BCUT2D eigenvalue weighted by Crippen LogP contribution is -1.99. The first kappa shape index (κ1) is 12.6. The minimum atomic E-state index is 0.589. The third-order valence-corrected chi connectivity index (χ3v) is 3.45. The molecule has 4 heteroatoms. The number of rotatable bonds is 5. The van der Waals surface area contributed by atoms with Crippen molar-refractivity contribution in [2.75, 3.05) is 0 Å². The third kappa shape index (κ3) is 3.11. The molecule has 0 fully saturated rings. The number of nitrogens with zero attached hydrogens (tertiary/aromatic N) is 1. The van der Waals surface area contributed by atoms with Crippen LogP contribution in [0.25, 0.3) is 0 Å². The molecule has 0 atom stereocenters. The minimum absolute atomic E-state index is 0.589. The topological polar surface area (TPSA) is 41.8 Å². The van der Waals surface area contributed by atoms with Gasteiger partial charge in [0.25, 0.3) is 0 Å². The van der Waals surface area contributed by atoms with Gasteiger partial charge in [0.2, 0.25) is 0 Å². The SMILES string of the molecule is CC/C(=N\O)c1ccc(OCc2cccs2)cc1. The van der Waals surface area contributed by atoms with Crippen LogP contribution in [0.1, 0.15) is 23.8 Å². The third-order valence-electron chi connectivity index (χ3n) is 2.60. The Morgan fingerprint density at radius 3 is 2.61 bits per heavy atom. The van der Waals surface area contributed by atoms with Crippen LogP contribution in [0.2, 0.25) is 0 Å². The van der Waals surface area contributed by atoms with E-state index < -0.39 is 0 Å². The quantitative estimate of drug-likeness (QED) is 0.503. The average Bonchev–Trinajstić information content (AvgIpc) is 2.92. The van der Waals surface area contributed by atoms with Gasteiger partial charge in [-0.3, -0.25) is 0 Å².